The van der Waals surface area contributed by atoms with Gasteiger partial charge in [0.15, 0.2) is 0 Å². The van der Waals surface area contributed by atoms with Gasteiger partial charge < -0.3 is 0 Å². The van der Waals surface area contributed by atoms with E-state index in [1.165, 1.54) is 44.2 Å². The fourth-order valence-corrected chi connectivity index (χ4v) is 4.71. The fourth-order valence-electron chi connectivity index (χ4n) is 4.71. The second-order valence-corrected chi connectivity index (χ2v) is 7.10. The maximum atomic E-state index is 12.1. The van der Waals surface area contributed by atoms with Crippen LogP contribution in [0.25, 0.3) is 0 Å². The van der Waals surface area contributed by atoms with Crippen LogP contribution in [0, 0.1) is 5.92 Å². The number of rotatable bonds is 3. The highest BCUT2D eigenvalue weighted by molar-refractivity contribution is 5.83. The van der Waals surface area contributed by atoms with Crippen LogP contribution in [0.3, 0.4) is 0 Å². The first-order valence-corrected chi connectivity index (χ1v) is 8.69. The number of ketones is 1. The molecule has 3 aliphatic rings. The van der Waals surface area contributed by atoms with Gasteiger partial charge in [0.25, 0.3) is 0 Å². The Kier molecular flexibility index (Phi) is 3.58. The van der Waals surface area contributed by atoms with Gasteiger partial charge >= 0.3 is 0 Å². The first-order chi connectivity index (χ1) is 10.3. The van der Waals surface area contributed by atoms with Gasteiger partial charge in [0, 0.05) is 24.9 Å². The molecule has 0 bridgehead atoms. The Bertz CT molecular complexity index is 550. The van der Waals surface area contributed by atoms with E-state index in [0.29, 0.717) is 17.7 Å². The van der Waals surface area contributed by atoms with Crippen molar-refractivity contribution in [2.24, 2.45) is 5.92 Å². The zero-order valence-corrected chi connectivity index (χ0v) is 12.8. The minimum absolute atomic E-state index is 0.335. The molecule has 21 heavy (non-hydrogen) atoms. The van der Waals surface area contributed by atoms with Crippen molar-refractivity contribution >= 4 is 5.78 Å². The molecule has 1 aliphatic heterocycles. The molecular weight excluding hydrogens is 258 g/mol. The number of hydrogen-bond donors (Lipinski definition) is 0. The lowest BCUT2D eigenvalue weighted by Gasteiger charge is -2.28. The number of likely N-dealkylation sites (tertiary alicyclic amines) is 1. The lowest BCUT2D eigenvalue weighted by Crippen LogP contribution is -2.37. The van der Waals surface area contributed by atoms with Gasteiger partial charge in [0.1, 0.15) is 5.78 Å². The highest BCUT2D eigenvalue weighted by atomic mass is 16.1. The Morgan fingerprint density at radius 2 is 1.90 bits per heavy atom. The zero-order valence-electron chi connectivity index (χ0n) is 12.8. The minimum atomic E-state index is 0.335. The van der Waals surface area contributed by atoms with Crippen LogP contribution >= 0.6 is 0 Å². The van der Waals surface area contributed by atoms with Crippen LogP contribution in [0.15, 0.2) is 18.2 Å². The number of carbonyl (C=O) groups is 1. The Hall–Kier alpha value is -1.15. The van der Waals surface area contributed by atoms with Gasteiger partial charge in [0.05, 0.1) is 0 Å². The third kappa shape index (κ3) is 2.55. The molecular formula is C19H25NO. The van der Waals surface area contributed by atoms with Crippen molar-refractivity contribution in [3.63, 3.8) is 0 Å². The summed E-state index contributed by atoms with van der Waals surface area (Å²) < 4.78 is 0. The number of fused-ring (bicyclic) bond motifs is 1. The summed E-state index contributed by atoms with van der Waals surface area (Å²) in [5.74, 6) is 0.864. The van der Waals surface area contributed by atoms with Crippen molar-refractivity contribution in [3.05, 3.63) is 34.9 Å². The monoisotopic (exact) mass is 283 g/mol. The summed E-state index contributed by atoms with van der Waals surface area (Å²) in [5.41, 5.74) is 4.58. The van der Waals surface area contributed by atoms with Gasteiger partial charge in [-0.3, -0.25) is 9.69 Å². The van der Waals surface area contributed by atoms with Crippen molar-refractivity contribution in [1.29, 1.82) is 0 Å². The average molecular weight is 283 g/mol. The molecule has 0 spiro atoms. The van der Waals surface area contributed by atoms with E-state index in [1.54, 1.807) is 11.1 Å². The Balaban J connectivity index is 1.49. The predicted octanol–water partition coefficient (Wildman–Crippen LogP) is 3.51. The number of Topliss-reactive ketones (excluding diaryl/α,β-unsaturated/α-hetero) is 1. The van der Waals surface area contributed by atoms with Crippen LogP contribution in [0.1, 0.15) is 55.2 Å². The van der Waals surface area contributed by atoms with Crippen molar-refractivity contribution < 1.29 is 4.79 Å². The molecule has 0 amide bonds. The van der Waals surface area contributed by atoms with E-state index in [9.17, 15) is 4.79 Å². The smallest absolute Gasteiger partial charge is 0.137 e. The lowest BCUT2D eigenvalue weighted by molar-refractivity contribution is -0.122. The zero-order chi connectivity index (χ0) is 14.2. The van der Waals surface area contributed by atoms with Crippen LogP contribution < -0.4 is 0 Å². The summed E-state index contributed by atoms with van der Waals surface area (Å²) in [5, 5.41) is 0. The molecule has 4 rings (SSSR count). The molecule has 1 saturated heterocycles. The van der Waals surface area contributed by atoms with Crippen molar-refractivity contribution in [1.82, 2.24) is 4.90 Å². The Morgan fingerprint density at radius 1 is 1.00 bits per heavy atom. The molecule has 1 aromatic rings. The number of carbonyl (C=O) groups excluding carboxylic acids is 1. The molecule has 2 nitrogen and oxygen atoms in total. The van der Waals surface area contributed by atoms with E-state index < -0.39 is 0 Å². The maximum Gasteiger partial charge on any atom is 0.137 e. The normalized spacial score (nSPS) is 29.2. The highest BCUT2D eigenvalue weighted by Crippen LogP contribution is 2.34. The molecule has 112 valence electrons. The van der Waals surface area contributed by atoms with Gasteiger partial charge in [-0.15, -0.1) is 0 Å². The highest BCUT2D eigenvalue weighted by Gasteiger charge is 2.37. The molecule has 2 aliphatic carbocycles. The third-order valence-electron chi connectivity index (χ3n) is 5.78. The van der Waals surface area contributed by atoms with Crippen LogP contribution in [-0.2, 0) is 24.2 Å². The summed E-state index contributed by atoms with van der Waals surface area (Å²) in [4.78, 5) is 14.7. The van der Waals surface area contributed by atoms with Gasteiger partial charge in [-0.1, -0.05) is 18.2 Å². The minimum Gasteiger partial charge on any atom is -0.299 e. The van der Waals surface area contributed by atoms with E-state index in [4.69, 9.17) is 0 Å². The first-order valence-electron chi connectivity index (χ1n) is 8.69. The topological polar surface area (TPSA) is 20.3 Å². The molecule has 0 radical (unpaired) electrons. The standard InChI is InChI=1S/C19H25NO/c21-19-8-2-6-17(19)18-7-3-11-20(18)13-14-9-10-15-4-1-5-16(15)12-14/h9-10,12,17-18H,1-8,11,13H2. The van der Waals surface area contributed by atoms with E-state index in [2.05, 4.69) is 23.1 Å². The number of nitrogens with zero attached hydrogens (tertiary/aromatic N) is 1. The van der Waals surface area contributed by atoms with Gasteiger partial charge in [-0.25, -0.2) is 0 Å². The second-order valence-electron chi connectivity index (χ2n) is 7.10. The molecule has 0 aromatic heterocycles. The van der Waals surface area contributed by atoms with E-state index >= 15 is 0 Å². The van der Waals surface area contributed by atoms with E-state index in [-0.39, 0.29) is 0 Å². The molecule has 1 saturated carbocycles. The SMILES string of the molecule is O=C1CCCC1C1CCCN1Cc1ccc2c(c1)CCC2. The summed E-state index contributed by atoms with van der Waals surface area (Å²) >= 11 is 0. The lowest BCUT2D eigenvalue weighted by atomic mass is 9.94. The quantitative estimate of drug-likeness (QED) is 0.846. The average Bonchev–Trinajstić information content (AvgIpc) is 3.18. The first kappa shape index (κ1) is 13.5. The molecule has 1 heterocycles. The number of hydrogen-bond acceptors (Lipinski definition) is 2. The second kappa shape index (κ2) is 5.57. The summed E-state index contributed by atoms with van der Waals surface area (Å²) in [6.07, 6.45) is 9.40. The van der Waals surface area contributed by atoms with Crippen molar-refractivity contribution in [2.45, 2.75) is 64.0 Å². The van der Waals surface area contributed by atoms with Crippen LogP contribution in [0.2, 0.25) is 0 Å². The predicted molar refractivity (Wildman–Crippen MR) is 84.2 cm³/mol. The van der Waals surface area contributed by atoms with Gasteiger partial charge in [-0.05, 0) is 68.2 Å². The third-order valence-corrected chi connectivity index (χ3v) is 5.78. The van der Waals surface area contributed by atoms with Crippen LogP contribution in [0.4, 0.5) is 0 Å². The Morgan fingerprint density at radius 3 is 2.76 bits per heavy atom. The molecule has 2 unspecified atom stereocenters. The van der Waals surface area contributed by atoms with E-state index in [0.717, 1.165) is 25.8 Å². The summed E-state index contributed by atoms with van der Waals surface area (Å²) in [6, 6.07) is 7.60. The van der Waals surface area contributed by atoms with Crippen molar-refractivity contribution in [2.75, 3.05) is 6.54 Å². The van der Waals surface area contributed by atoms with Crippen LogP contribution in [0.5, 0.6) is 0 Å². The molecule has 2 heteroatoms. The molecule has 2 atom stereocenters. The summed E-state index contributed by atoms with van der Waals surface area (Å²) in [6.45, 7) is 2.22. The molecule has 1 aromatic carbocycles. The van der Waals surface area contributed by atoms with Gasteiger partial charge in [0.2, 0.25) is 0 Å². The number of benzene rings is 1. The largest absolute Gasteiger partial charge is 0.299 e. The molecule has 2 fully saturated rings. The maximum absolute atomic E-state index is 12.1. The van der Waals surface area contributed by atoms with Crippen LogP contribution in [-0.4, -0.2) is 23.3 Å². The molecule has 0 N–H and O–H groups in total. The fraction of sp³-hybridized carbons (Fsp3) is 0.632. The number of aryl methyl sites for hydroxylation is 2. The Labute approximate surface area is 127 Å². The summed E-state index contributed by atoms with van der Waals surface area (Å²) in [7, 11) is 0. The van der Waals surface area contributed by atoms with E-state index in [1.807, 2.05) is 0 Å². The van der Waals surface area contributed by atoms with Gasteiger partial charge in [-0.2, -0.15) is 0 Å². The van der Waals surface area contributed by atoms with Crippen molar-refractivity contribution in [3.8, 4) is 0 Å².